The van der Waals surface area contributed by atoms with E-state index in [1.807, 2.05) is 0 Å². The standard InChI is InChI=1S/C18H33P.3F6P.Ir/c1-4-10-16(11-5-1)19(17-12-6-2-7-13-17)18-14-8-3-9-15-18;3*1-7(2,3,4,5)6;/h16-18H,1-15H2;;;;/q;3*-1;+3. The van der Waals surface area contributed by atoms with Crippen LogP contribution >= 0.6 is 31.3 Å². The smallest absolute Gasteiger partial charge is 3.00 e. The van der Waals surface area contributed by atoms with Gasteiger partial charge in [0.05, 0.1) is 0 Å². The summed E-state index contributed by atoms with van der Waals surface area (Å²) in [4.78, 5) is 0. The Morgan fingerprint density at radius 1 is 0.293 bits per heavy atom. The summed E-state index contributed by atoms with van der Waals surface area (Å²) in [7, 11) is -31.6. The van der Waals surface area contributed by atoms with Crippen LogP contribution in [0.3, 0.4) is 0 Å². The Labute approximate surface area is 240 Å². The van der Waals surface area contributed by atoms with Gasteiger partial charge in [0.15, 0.2) is 0 Å². The van der Waals surface area contributed by atoms with Crippen molar-refractivity contribution in [3.05, 3.63) is 0 Å². The molecule has 260 valence electrons. The normalized spacial score (nSPS) is 25.2. The van der Waals surface area contributed by atoms with Crippen LogP contribution in [0, 0.1) is 0 Å². The number of hydrogen-bond donors (Lipinski definition) is 0. The fraction of sp³-hybridized carbons (Fsp3) is 1.00. The molecular weight excluding hydrogens is 874 g/mol. The average molecular weight is 908 g/mol. The molecule has 0 unspecified atom stereocenters. The third-order valence-electron chi connectivity index (χ3n) is 5.99. The Kier molecular flexibility index (Phi) is 13.3. The molecule has 0 bridgehead atoms. The second-order valence-corrected chi connectivity index (χ2v) is 19.0. The summed E-state index contributed by atoms with van der Waals surface area (Å²) in [6, 6.07) is 0. The van der Waals surface area contributed by atoms with Crippen LogP contribution in [0.2, 0.25) is 0 Å². The van der Waals surface area contributed by atoms with E-state index < -0.39 is 23.4 Å². The first kappa shape index (κ1) is 44.2. The average Bonchev–Trinajstić information content (AvgIpc) is 2.63. The summed E-state index contributed by atoms with van der Waals surface area (Å²) in [6.45, 7) is 0. The number of halogens is 18. The molecule has 0 aromatic carbocycles. The van der Waals surface area contributed by atoms with Crippen molar-refractivity contribution in [3.8, 4) is 0 Å². The quantitative estimate of drug-likeness (QED) is 0.196. The van der Waals surface area contributed by atoms with E-state index in [0.29, 0.717) is 7.92 Å². The fourth-order valence-corrected chi connectivity index (χ4v) is 9.71. The second kappa shape index (κ2) is 12.4. The maximum Gasteiger partial charge on any atom is 3.00 e. The van der Waals surface area contributed by atoms with E-state index in [0.717, 1.165) is 0 Å². The molecular formula is C18H33F18IrP4. The summed E-state index contributed by atoms with van der Waals surface area (Å²) in [5.41, 5.74) is 3.57. The van der Waals surface area contributed by atoms with Crippen molar-refractivity contribution in [1.29, 1.82) is 0 Å². The van der Waals surface area contributed by atoms with Gasteiger partial charge < -0.3 is 0 Å². The molecule has 0 amide bonds. The zero-order valence-electron chi connectivity index (χ0n) is 21.3. The molecule has 3 saturated carbocycles. The fourth-order valence-electron chi connectivity index (χ4n) is 5.03. The van der Waals surface area contributed by atoms with Gasteiger partial charge in [0.25, 0.3) is 0 Å². The minimum absolute atomic E-state index is 0. The first-order valence-electron chi connectivity index (χ1n) is 12.3. The summed E-state index contributed by atoms with van der Waals surface area (Å²) in [5.74, 6) is 0. The third-order valence-corrected chi connectivity index (χ3v) is 10.1. The molecule has 3 fully saturated rings. The van der Waals surface area contributed by atoms with E-state index in [1.165, 1.54) is 36.2 Å². The Bertz CT molecular complexity index is 642. The van der Waals surface area contributed by atoms with E-state index in [4.69, 9.17) is 0 Å². The maximum absolute atomic E-state index is 10.7. The maximum atomic E-state index is 9.87. The van der Waals surface area contributed by atoms with Crippen molar-refractivity contribution in [2.45, 2.75) is 113 Å². The summed E-state index contributed by atoms with van der Waals surface area (Å²) < 4.78 is 178. The van der Waals surface area contributed by atoms with E-state index >= 15 is 0 Å². The Hall–Kier alpha value is 1.11. The largest absolute Gasteiger partial charge is 3.00 e. The monoisotopic (exact) mass is 908 g/mol. The first-order chi connectivity index (χ1) is 16.8. The number of hydrogen-bond acceptors (Lipinski definition) is 0. The van der Waals surface area contributed by atoms with Gasteiger partial charge in [-0.3, -0.25) is 0 Å². The molecule has 23 heteroatoms. The first-order valence-corrected chi connectivity index (χ1v) is 19.9. The molecule has 0 saturated heterocycles. The van der Waals surface area contributed by atoms with Gasteiger partial charge in [0.1, 0.15) is 0 Å². The van der Waals surface area contributed by atoms with Gasteiger partial charge in [-0.2, -0.15) is 0 Å². The predicted octanol–water partition coefficient (Wildman–Crippen LogP) is 16.6. The Morgan fingerprint density at radius 2 is 0.415 bits per heavy atom. The van der Waals surface area contributed by atoms with Crippen LogP contribution in [-0.2, 0) is 20.1 Å². The van der Waals surface area contributed by atoms with Crippen molar-refractivity contribution >= 4 is 31.3 Å². The molecule has 0 aromatic heterocycles. The van der Waals surface area contributed by atoms with Gasteiger partial charge >= 0.3 is 119 Å². The molecule has 0 spiro atoms. The SMILES string of the molecule is C1CCC(P(C2CCCCC2)C2CCCCC2)CC1.F[P-](F)(F)(F)(F)F.F[P-](F)(F)(F)(F)F.F[P-](F)(F)(F)(F)F.[Ir+3]. The van der Waals surface area contributed by atoms with E-state index in [9.17, 15) is 75.5 Å². The molecule has 3 aliphatic rings. The second-order valence-electron chi connectivity index (χ2n) is 10.2. The molecule has 41 heavy (non-hydrogen) atoms. The molecule has 3 rings (SSSR count). The van der Waals surface area contributed by atoms with Crippen molar-refractivity contribution in [2.24, 2.45) is 0 Å². The molecule has 3 aliphatic carbocycles. The topological polar surface area (TPSA) is 0 Å². The summed E-state index contributed by atoms with van der Waals surface area (Å²) in [5, 5.41) is 0. The Balaban J connectivity index is 0. The Morgan fingerprint density at radius 3 is 0.537 bits per heavy atom. The molecule has 0 aromatic rings. The van der Waals surface area contributed by atoms with Crippen LogP contribution in [0.5, 0.6) is 0 Å². The third kappa shape index (κ3) is 45.7. The van der Waals surface area contributed by atoms with Crippen molar-refractivity contribution in [2.75, 3.05) is 0 Å². The summed E-state index contributed by atoms with van der Waals surface area (Å²) in [6.07, 6.45) is 23.6. The van der Waals surface area contributed by atoms with Crippen molar-refractivity contribution < 1.29 is 95.6 Å². The minimum Gasteiger partial charge on any atom is 3.00 e. The van der Waals surface area contributed by atoms with Gasteiger partial charge in [-0.1, -0.05) is 65.7 Å². The van der Waals surface area contributed by atoms with Gasteiger partial charge in [-0.15, -0.1) is 0 Å². The molecule has 0 N–H and O–H groups in total. The van der Waals surface area contributed by atoms with Gasteiger partial charge in [0.2, 0.25) is 0 Å². The van der Waals surface area contributed by atoms with Crippen LogP contribution < -0.4 is 0 Å². The zero-order valence-corrected chi connectivity index (χ0v) is 27.2. The number of rotatable bonds is 3. The zero-order chi connectivity index (χ0) is 32.1. The van der Waals surface area contributed by atoms with Crippen molar-refractivity contribution in [1.82, 2.24) is 0 Å². The minimum atomic E-state index is -10.7. The van der Waals surface area contributed by atoms with E-state index in [2.05, 4.69) is 0 Å². The van der Waals surface area contributed by atoms with Gasteiger partial charge in [-0.25, -0.2) is 0 Å². The predicted molar refractivity (Wildman–Crippen MR) is 128 cm³/mol. The van der Waals surface area contributed by atoms with Crippen molar-refractivity contribution in [3.63, 3.8) is 0 Å². The van der Waals surface area contributed by atoms with Crippen LogP contribution in [0.15, 0.2) is 0 Å². The molecule has 0 radical (unpaired) electrons. The van der Waals surface area contributed by atoms with Gasteiger partial charge in [0, 0.05) is 0 Å². The van der Waals surface area contributed by atoms with E-state index in [-0.39, 0.29) is 20.1 Å². The van der Waals surface area contributed by atoms with Crippen LogP contribution in [0.4, 0.5) is 75.5 Å². The molecule has 0 heterocycles. The molecule has 0 aliphatic heterocycles. The van der Waals surface area contributed by atoms with Crippen LogP contribution in [-0.4, -0.2) is 17.0 Å². The van der Waals surface area contributed by atoms with Crippen LogP contribution in [0.25, 0.3) is 0 Å². The van der Waals surface area contributed by atoms with Gasteiger partial charge in [-0.05, 0) is 55.5 Å². The molecule has 0 atom stereocenters. The van der Waals surface area contributed by atoms with E-state index in [1.54, 1.807) is 77.0 Å². The molecule has 0 nitrogen and oxygen atoms in total. The van der Waals surface area contributed by atoms with Crippen LogP contribution in [0.1, 0.15) is 96.3 Å². The summed E-state index contributed by atoms with van der Waals surface area (Å²) >= 11 is 0.